The summed E-state index contributed by atoms with van der Waals surface area (Å²) in [6, 6.07) is 12.2. The molecule has 5 nitrogen and oxygen atoms in total. The Morgan fingerprint density at radius 3 is 1.94 bits per heavy atom. The quantitative estimate of drug-likeness (QED) is 0.273. The largest absolute Gasteiger partial charge is 0.325 e. The van der Waals surface area contributed by atoms with E-state index in [-0.39, 0.29) is 17.7 Å². The first kappa shape index (κ1) is 24.3. The van der Waals surface area contributed by atoms with Crippen LogP contribution in [0.5, 0.6) is 0 Å². The SMILES string of the molecule is O=C(CCCCCCCCCCN1C(=O)c2ccccc2C1=O)Nc1cccc(Cl)c1Cl. The zero-order valence-corrected chi connectivity index (χ0v) is 19.6. The Labute approximate surface area is 199 Å². The van der Waals surface area contributed by atoms with Crippen LogP contribution in [0, 0.1) is 0 Å². The molecule has 0 saturated carbocycles. The predicted octanol–water partition coefficient (Wildman–Crippen LogP) is 6.74. The molecule has 0 radical (unpaired) electrons. The predicted molar refractivity (Wildman–Crippen MR) is 128 cm³/mol. The van der Waals surface area contributed by atoms with Gasteiger partial charge in [-0.05, 0) is 37.1 Å². The van der Waals surface area contributed by atoms with Gasteiger partial charge in [0, 0.05) is 13.0 Å². The number of hydrogen-bond donors (Lipinski definition) is 1. The maximum atomic E-state index is 12.3. The van der Waals surface area contributed by atoms with Gasteiger partial charge >= 0.3 is 0 Å². The van der Waals surface area contributed by atoms with Gasteiger partial charge in [0.15, 0.2) is 0 Å². The topological polar surface area (TPSA) is 66.5 Å². The van der Waals surface area contributed by atoms with Crippen LogP contribution >= 0.6 is 23.2 Å². The molecule has 0 bridgehead atoms. The second-order valence-corrected chi connectivity index (χ2v) is 8.82. The van der Waals surface area contributed by atoms with Crippen LogP contribution < -0.4 is 5.32 Å². The molecular weight excluding hydrogens is 447 g/mol. The first-order valence-electron chi connectivity index (χ1n) is 11.2. The number of carbonyl (C=O) groups is 3. The summed E-state index contributed by atoms with van der Waals surface area (Å²) in [6.45, 7) is 0.484. The summed E-state index contributed by atoms with van der Waals surface area (Å²) in [4.78, 5) is 38.1. The number of carbonyl (C=O) groups excluding carboxylic acids is 3. The van der Waals surface area contributed by atoms with Gasteiger partial charge in [0.1, 0.15) is 0 Å². The van der Waals surface area contributed by atoms with Crippen molar-refractivity contribution < 1.29 is 14.4 Å². The molecule has 7 heteroatoms. The highest BCUT2D eigenvalue weighted by Crippen LogP contribution is 2.29. The molecule has 1 aliphatic heterocycles. The minimum absolute atomic E-state index is 0.0534. The highest BCUT2D eigenvalue weighted by Gasteiger charge is 2.34. The van der Waals surface area contributed by atoms with Crippen molar-refractivity contribution in [3.05, 3.63) is 63.6 Å². The number of amides is 3. The fourth-order valence-electron chi connectivity index (χ4n) is 3.87. The molecule has 0 aliphatic carbocycles. The average molecular weight is 475 g/mol. The molecule has 3 amide bonds. The van der Waals surface area contributed by atoms with Crippen LogP contribution in [0.15, 0.2) is 42.5 Å². The van der Waals surface area contributed by atoms with Gasteiger partial charge in [-0.1, -0.05) is 79.9 Å². The summed E-state index contributed by atoms with van der Waals surface area (Å²) in [6.07, 6.45) is 8.54. The minimum atomic E-state index is -0.174. The van der Waals surface area contributed by atoms with Gasteiger partial charge in [0.25, 0.3) is 11.8 Å². The Balaban J connectivity index is 1.20. The van der Waals surface area contributed by atoms with Crippen LogP contribution in [0.4, 0.5) is 5.69 Å². The van der Waals surface area contributed by atoms with E-state index in [4.69, 9.17) is 23.2 Å². The molecule has 2 aromatic carbocycles. The lowest BCUT2D eigenvalue weighted by Gasteiger charge is -2.13. The summed E-state index contributed by atoms with van der Waals surface area (Å²) in [5.41, 5.74) is 1.58. The standard InChI is InChI=1S/C25H28Cl2N2O3/c26-20-14-11-15-21(23(20)27)28-22(30)16-7-5-3-1-2-4-6-10-17-29-24(31)18-12-8-9-13-19(18)25(29)32/h8-9,11-15H,1-7,10,16-17H2,(H,28,30). The summed E-state index contributed by atoms with van der Waals surface area (Å²) in [5.74, 6) is -0.401. The Bertz CT molecular complexity index is 942. The number of unbranched alkanes of at least 4 members (excludes halogenated alkanes) is 7. The van der Waals surface area contributed by atoms with Crippen molar-refractivity contribution in [2.45, 2.75) is 57.8 Å². The van der Waals surface area contributed by atoms with E-state index in [2.05, 4.69) is 5.32 Å². The number of benzene rings is 2. The molecule has 1 N–H and O–H groups in total. The number of hydrogen-bond acceptors (Lipinski definition) is 3. The number of anilines is 1. The first-order chi connectivity index (χ1) is 15.5. The Morgan fingerprint density at radius 2 is 1.31 bits per heavy atom. The Hall–Kier alpha value is -2.37. The van der Waals surface area contributed by atoms with Crippen molar-refractivity contribution in [2.24, 2.45) is 0 Å². The highest BCUT2D eigenvalue weighted by molar-refractivity contribution is 6.44. The van der Waals surface area contributed by atoms with Gasteiger partial charge in [-0.25, -0.2) is 0 Å². The van der Waals surface area contributed by atoms with Gasteiger partial charge in [-0.3, -0.25) is 19.3 Å². The summed E-state index contributed by atoms with van der Waals surface area (Å²) < 4.78 is 0. The fourth-order valence-corrected chi connectivity index (χ4v) is 4.22. The van der Waals surface area contributed by atoms with Crippen LogP contribution in [-0.2, 0) is 4.79 Å². The van der Waals surface area contributed by atoms with E-state index in [0.29, 0.717) is 39.8 Å². The molecule has 0 fully saturated rings. The van der Waals surface area contributed by atoms with E-state index in [1.807, 2.05) is 0 Å². The zero-order chi connectivity index (χ0) is 22.9. The number of rotatable bonds is 12. The monoisotopic (exact) mass is 474 g/mol. The molecule has 0 unspecified atom stereocenters. The Morgan fingerprint density at radius 1 is 0.750 bits per heavy atom. The molecule has 2 aromatic rings. The molecule has 0 atom stereocenters. The number of fused-ring (bicyclic) bond motifs is 1. The molecule has 32 heavy (non-hydrogen) atoms. The Kier molecular flexibility index (Phi) is 9.12. The smallest absolute Gasteiger partial charge is 0.261 e. The second-order valence-electron chi connectivity index (χ2n) is 8.04. The summed E-state index contributed by atoms with van der Waals surface area (Å²) in [5, 5.41) is 3.59. The molecule has 0 spiro atoms. The molecule has 1 heterocycles. The minimum Gasteiger partial charge on any atom is -0.325 e. The van der Waals surface area contributed by atoms with Crippen molar-refractivity contribution in [3.8, 4) is 0 Å². The fraction of sp³-hybridized carbons (Fsp3) is 0.400. The van der Waals surface area contributed by atoms with E-state index in [1.54, 1.807) is 42.5 Å². The van der Waals surface area contributed by atoms with Crippen LogP contribution in [0.3, 0.4) is 0 Å². The lowest BCUT2D eigenvalue weighted by molar-refractivity contribution is -0.116. The van der Waals surface area contributed by atoms with E-state index in [1.165, 1.54) is 4.90 Å². The van der Waals surface area contributed by atoms with E-state index in [9.17, 15) is 14.4 Å². The van der Waals surface area contributed by atoms with Gasteiger partial charge in [0.2, 0.25) is 5.91 Å². The lowest BCUT2D eigenvalue weighted by Crippen LogP contribution is -2.30. The number of nitrogens with one attached hydrogen (secondary N) is 1. The van der Waals surface area contributed by atoms with Crippen molar-refractivity contribution >= 4 is 46.6 Å². The van der Waals surface area contributed by atoms with Crippen LogP contribution in [0.25, 0.3) is 0 Å². The first-order valence-corrected chi connectivity index (χ1v) is 11.9. The van der Waals surface area contributed by atoms with Crippen molar-refractivity contribution in [3.63, 3.8) is 0 Å². The van der Waals surface area contributed by atoms with Gasteiger partial charge < -0.3 is 5.32 Å². The van der Waals surface area contributed by atoms with E-state index in [0.717, 1.165) is 51.4 Å². The molecular formula is C25H28Cl2N2O3. The third-order valence-corrected chi connectivity index (χ3v) is 6.46. The molecule has 0 saturated heterocycles. The second kappa shape index (κ2) is 12.0. The molecule has 170 valence electrons. The number of halogens is 2. The van der Waals surface area contributed by atoms with E-state index < -0.39 is 0 Å². The van der Waals surface area contributed by atoms with Gasteiger partial charge in [-0.2, -0.15) is 0 Å². The third-order valence-electron chi connectivity index (χ3n) is 5.64. The average Bonchev–Trinajstić information content (AvgIpc) is 3.03. The van der Waals surface area contributed by atoms with Crippen molar-refractivity contribution in [1.82, 2.24) is 4.90 Å². The normalized spacial score (nSPS) is 12.9. The number of imide groups is 1. The zero-order valence-electron chi connectivity index (χ0n) is 18.0. The van der Waals surface area contributed by atoms with Crippen molar-refractivity contribution in [1.29, 1.82) is 0 Å². The maximum absolute atomic E-state index is 12.3. The molecule has 3 rings (SSSR count). The van der Waals surface area contributed by atoms with Gasteiger partial charge in [0.05, 0.1) is 26.9 Å². The third kappa shape index (κ3) is 6.33. The van der Waals surface area contributed by atoms with Crippen molar-refractivity contribution in [2.75, 3.05) is 11.9 Å². The maximum Gasteiger partial charge on any atom is 0.261 e. The molecule has 0 aromatic heterocycles. The van der Waals surface area contributed by atoms with E-state index >= 15 is 0 Å². The highest BCUT2D eigenvalue weighted by atomic mass is 35.5. The molecule has 1 aliphatic rings. The summed E-state index contributed by atoms with van der Waals surface area (Å²) in [7, 11) is 0. The summed E-state index contributed by atoms with van der Waals surface area (Å²) >= 11 is 12.0. The lowest BCUT2D eigenvalue weighted by atomic mass is 10.1. The van der Waals surface area contributed by atoms with Crippen LogP contribution in [0.2, 0.25) is 10.0 Å². The number of nitrogens with zero attached hydrogens (tertiary/aromatic N) is 1. The van der Waals surface area contributed by atoms with Crippen LogP contribution in [0.1, 0.15) is 78.5 Å². The van der Waals surface area contributed by atoms with Crippen LogP contribution in [-0.4, -0.2) is 29.2 Å². The van der Waals surface area contributed by atoms with Gasteiger partial charge in [-0.15, -0.1) is 0 Å².